The van der Waals surface area contributed by atoms with Crippen LogP contribution in [0.3, 0.4) is 0 Å². The van der Waals surface area contributed by atoms with Gasteiger partial charge in [-0.15, -0.1) is 0 Å². The van der Waals surface area contributed by atoms with Gasteiger partial charge in [-0.1, -0.05) is 39.3 Å². The molecule has 0 fully saturated rings. The fraction of sp³-hybridized carbons (Fsp3) is 0.565. The lowest BCUT2D eigenvalue weighted by Crippen LogP contribution is -2.35. The Morgan fingerprint density at radius 3 is 2.04 bits per heavy atom. The van der Waals surface area contributed by atoms with Crippen molar-refractivity contribution in [2.45, 2.75) is 88.4 Å². The molecular formula is C46H67N2O16S3+. The number of carboxylic acid groups (broad SMARTS) is 1. The van der Waals surface area contributed by atoms with Crippen LogP contribution in [0.25, 0.3) is 17.4 Å². The molecule has 374 valence electrons. The SMILES string of the molecule is COCCOCCOCCOCC[N+](CCCS(=O)(=O)O)=c1ccc2c(/C=C/C=C3\N(CCCCCC(=O)O)c4ccc(S(=O)(=O)O)cc4C3(C)CCCS(=O)(=O)O)cc(C(C)(C)C)oc-2c1. The Balaban J connectivity index is 1.76. The second-order valence-corrected chi connectivity index (χ2v) is 22.2. The van der Waals surface area contributed by atoms with Crippen LogP contribution in [0.4, 0.5) is 5.69 Å². The summed E-state index contributed by atoms with van der Waals surface area (Å²) in [6, 6.07) is 11.9. The summed E-state index contributed by atoms with van der Waals surface area (Å²) in [6.45, 7) is 11.8. The average Bonchev–Trinajstić information content (AvgIpc) is 3.45. The van der Waals surface area contributed by atoms with Crippen LogP contribution in [0.2, 0.25) is 0 Å². The van der Waals surface area contributed by atoms with Gasteiger partial charge in [0.2, 0.25) is 5.36 Å². The van der Waals surface area contributed by atoms with Crippen LogP contribution >= 0.6 is 0 Å². The van der Waals surface area contributed by atoms with Gasteiger partial charge in [-0.2, -0.15) is 25.3 Å². The highest BCUT2D eigenvalue weighted by molar-refractivity contribution is 7.86. The van der Waals surface area contributed by atoms with Crippen molar-refractivity contribution in [2.75, 3.05) is 89.4 Å². The third-order valence-corrected chi connectivity index (χ3v) is 13.7. The van der Waals surface area contributed by atoms with Gasteiger partial charge in [0.15, 0.2) is 6.54 Å². The number of nitrogens with zero attached hydrogens (tertiary/aromatic N) is 2. The molecule has 4 N–H and O–H groups in total. The molecule has 1 unspecified atom stereocenters. The molecule has 3 aliphatic rings. The van der Waals surface area contributed by atoms with Crippen molar-refractivity contribution in [3.05, 3.63) is 82.6 Å². The normalized spacial score (nSPS) is 17.0. The number of aliphatic carboxylic acids is 1. The zero-order chi connectivity index (χ0) is 49.5. The van der Waals surface area contributed by atoms with Crippen molar-refractivity contribution in [3.8, 4) is 11.3 Å². The molecule has 1 aliphatic carbocycles. The standard InChI is InChI=1S/C46H66N2O16S3/c1-45(2,3)43-32-35(38-17-15-36(33-41(38)64-43)47(20-11-31-66(54,55)56)22-23-61-26-27-63-29-28-62-25-24-60-5)12-9-13-42-46(4,19-10-30-65(51,52)53)39-34-37(67(57,58)59)16-18-40(39)48(42)21-8-6-7-14-44(49)50/h9,12-13,15-18,32-34H,6-8,10-11,14,19-31H2,1-5H3,(H3-,49,50,51,52,53,54,55,56,57,58,59)/p+1. The molecule has 18 nitrogen and oxygen atoms in total. The third kappa shape index (κ3) is 17.8. The van der Waals surface area contributed by atoms with Crippen molar-refractivity contribution >= 4 is 48.1 Å². The van der Waals surface area contributed by atoms with Crippen molar-refractivity contribution in [3.63, 3.8) is 0 Å². The number of carbonyl (C=O) groups is 1. The molecule has 0 saturated carbocycles. The molecule has 2 aliphatic heterocycles. The zero-order valence-corrected chi connectivity index (χ0v) is 41.5. The van der Waals surface area contributed by atoms with Gasteiger partial charge in [0.05, 0.1) is 62.1 Å². The van der Waals surface area contributed by atoms with E-state index in [0.717, 1.165) is 16.5 Å². The molecule has 4 rings (SSSR count). The largest absolute Gasteiger partial charge is 0.481 e. The quantitative estimate of drug-likeness (QED) is 0.0372. The van der Waals surface area contributed by atoms with E-state index >= 15 is 0 Å². The summed E-state index contributed by atoms with van der Waals surface area (Å²) in [5, 5.41) is 9.92. The highest BCUT2D eigenvalue weighted by Gasteiger charge is 2.43. The monoisotopic (exact) mass is 999 g/mol. The summed E-state index contributed by atoms with van der Waals surface area (Å²) in [5.41, 5.74) is 1.98. The first kappa shape index (κ1) is 55.6. The van der Waals surface area contributed by atoms with Gasteiger partial charge in [-0.25, -0.2) is 4.58 Å². The van der Waals surface area contributed by atoms with Crippen LogP contribution in [0.5, 0.6) is 0 Å². The predicted octanol–water partition coefficient (Wildman–Crippen LogP) is 5.66. The van der Waals surface area contributed by atoms with Gasteiger partial charge < -0.3 is 33.4 Å². The van der Waals surface area contributed by atoms with Gasteiger partial charge >= 0.3 is 5.97 Å². The number of hydrogen-bond donors (Lipinski definition) is 4. The van der Waals surface area contributed by atoms with Gasteiger partial charge in [-0.3, -0.25) is 18.5 Å². The molecule has 0 saturated heterocycles. The maximum Gasteiger partial charge on any atom is 0.303 e. The van der Waals surface area contributed by atoms with E-state index in [2.05, 4.69) is 0 Å². The smallest absolute Gasteiger partial charge is 0.303 e. The Bertz CT molecular complexity index is 2560. The minimum atomic E-state index is -4.62. The van der Waals surface area contributed by atoms with E-state index in [-0.39, 0.29) is 37.1 Å². The number of unbranched alkanes of at least 4 members (excludes halogenated alkanes) is 2. The average molecular weight is 1000 g/mol. The fourth-order valence-corrected chi connectivity index (χ4v) is 9.35. The highest BCUT2D eigenvalue weighted by atomic mass is 32.2. The van der Waals surface area contributed by atoms with Gasteiger partial charge in [0.25, 0.3) is 30.4 Å². The van der Waals surface area contributed by atoms with E-state index in [0.29, 0.717) is 107 Å². The van der Waals surface area contributed by atoms with Gasteiger partial charge in [-0.05, 0) is 80.1 Å². The van der Waals surface area contributed by atoms with E-state index < -0.39 is 58.7 Å². The number of hydrogen-bond acceptors (Lipinski definition) is 13. The Morgan fingerprint density at radius 2 is 1.43 bits per heavy atom. The zero-order valence-electron chi connectivity index (χ0n) is 39.0. The van der Waals surface area contributed by atoms with Crippen LogP contribution in [0, 0.1) is 0 Å². The number of fused-ring (bicyclic) bond motifs is 2. The number of rotatable bonds is 29. The Hall–Kier alpha value is -4.03. The molecule has 1 aromatic carbocycles. The van der Waals surface area contributed by atoms with Gasteiger partial charge in [0, 0.05) is 60.3 Å². The lowest BCUT2D eigenvalue weighted by molar-refractivity contribution is -0.137. The number of allylic oxidation sites excluding steroid dienone is 3. The van der Waals surface area contributed by atoms with Crippen molar-refractivity contribution in [1.29, 1.82) is 0 Å². The number of ether oxygens (including phenoxy) is 4. The number of methoxy groups -OCH3 is 1. The van der Waals surface area contributed by atoms with Crippen molar-refractivity contribution < 1.29 is 72.2 Å². The number of anilines is 1. The van der Waals surface area contributed by atoms with Crippen LogP contribution in [-0.2, 0) is 64.9 Å². The molecule has 2 heterocycles. The second kappa shape index (κ2) is 25.0. The molecule has 0 bridgehead atoms. The van der Waals surface area contributed by atoms with E-state index in [1.807, 2.05) is 79.7 Å². The van der Waals surface area contributed by atoms with Crippen molar-refractivity contribution in [1.82, 2.24) is 4.58 Å². The minimum Gasteiger partial charge on any atom is -0.481 e. The Kier molecular flexibility index (Phi) is 20.7. The van der Waals surface area contributed by atoms with E-state index in [1.165, 1.54) is 12.1 Å². The summed E-state index contributed by atoms with van der Waals surface area (Å²) < 4.78 is 131. The number of benzene rings is 2. The maximum absolute atomic E-state index is 12.4. The molecule has 21 heteroatoms. The molecule has 1 aromatic rings. The summed E-state index contributed by atoms with van der Waals surface area (Å²) >= 11 is 0. The molecule has 1 atom stereocenters. The van der Waals surface area contributed by atoms with Crippen LogP contribution in [0.1, 0.15) is 89.5 Å². The lowest BCUT2D eigenvalue weighted by Gasteiger charge is -2.30. The van der Waals surface area contributed by atoms with Crippen molar-refractivity contribution in [2.24, 2.45) is 0 Å². The summed E-state index contributed by atoms with van der Waals surface area (Å²) in [6.07, 6.45) is 7.61. The summed E-state index contributed by atoms with van der Waals surface area (Å²) in [5.74, 6) is -0.643. The van der Waals surface area contributed by atoms with Crippen LogP contribution in [-0.4, -0.2) is 134 Å². The van der Waals surface area contributed by atoms with E-state index in [1.54, 1.807) is 13.2 Å². The first-order valence-corrected chi connectivity index (χ1v) is 26.9. The predicted molar refractivity (Wildman–Crippen MR) is 254 cm³/mol. The summed E-state index contributed by atoms with van der Waals surface area (Å²) in [7, 11) is -11.5. The maximum atomic E-state index is 12.4. The van der Waals surface area contributed by atoms with Crippen LogP contribution in [0.15, 0.2) is 69.6 Å². The first-order valence-electron chi connectivity index (χ1n) is 22.2. The lowest BCUT2D eigenvalue weighted by atomic mass is 9.77. The molecule has 0 spiro atoms. The van der Waals surface area contributed by atoms with E-state index in [9.17, 15) is 48.8 Å². The molecule has 67 heavy (non-hydrogen) atoms. The Labute approximate surface area is 394 Å². The van der Waals surface area contributed by atoms with Crippen LogP contribution < -0.4 is 14.8 Å². The molecule has 0 aromatic heterocycles. The van der Waals surface area contributed by atoms with Gasteiger partial charge in [0.1, 0.15) is 24.7 Å². The molecule has 0 radical (unpaired) electrons. The number of carboxylic acids is 1. The first-order chi connectivity index (χ1) is 31.4. The highest BCUT2D eigenvalue weighted by Crippen LogP contribution is 2.51. The molecule has 0 amide bonds. The van der Waals surface area contributed by atoms with E-state index in [4.69, 9.17) is 23.4 Å². The Morgan fingerprint density at radius 1 is 0.791 bits per heavy atom. The molecular weight excluding hydrogens is 933 g/mol. The third-order valence-electron chi connectivity index (χ3n) is 11.3. The minimum absolute atomic E-state index is 0.00633. The topological polar surface area (TPSA) is 257 Å². The summed E-state index contributed by atoms with van der Waals surface area (Å²) in [4.78, 5) is 12.9. The second-order valence-electron chi connectivity index (χ2n) is 17.6. The fourth-order valence-electron chi connectivity index (χ4n) is 7.84.